The van der Waals surface area contributed by atoms with Gasteiger partial charge in [0.15, 0.2) is 0 Å². The molecule has 0 N–H and O–H groups in total. The van der Waals surface area contributed by atoms with Crippen molar-refractivity contribution in [2.75, 3.05) is 36.8 Å². The first-order valence-electron chi connectivity index (χ1n) is 13.0. The van der Waals surface area contributed by atoms with E-state index in [-0.39, 0.29) is 17.4 Å². The van der Waals surface area contributed by atoms with Gasteiger partial charge in [0.25, 0.3) is 11.1 Å². The van der Waals surface area contributed by atoms with Gasteiger partial charge >= 0.3 is 0 Å². The number of hydrogen-bond donors (Lipinski definition) is 0. The minimum absolute atomic E-state index is 0.0302. The van der Waals surface area contributed by atoms with Gasteiger partial charge in [-0.2, -0.15) is 4.31 Å². The van der Waals surface area contributed by atoms with Crippen molar-refractivity contribution in [3.63, 3.8) is 0 Å². The van der Waals surface area contributed by atoms with Gasteiger partial charge in [0.2, 0.25) is 10.0 Å². The van der Waals surface area contributed by atoms with E-state index in [1.54, 1.807) is 10.4 Å². The molecule has 2 aliphatic heterocycles. The fourth-order valence-electron chi connectivity index (χ4n) is 4.88. The summed E-state index contributed by atoms with van der Waals surface area (Å²) < 4.78 is 60.4. The fraction of sp³-hybridized carbons (Fsp3) is 0.481. The molecule has 3 aromatic rings. The summed E-state index contributed by atoms with van der Waals surface area (Å²) in [5.74, 6) is -2.00. The average molecular weight is 563 g/mol. The number of thiazole rings is 1. The van der Waals surface area contributed by atoms with Gasteiger partial charge in [-0.15, -0.1) is 0 Å². The quantitative estimate of drug-likeness (QED) is 0.352. The molecule has 0 aliphatic carbocycles. The third-order valence-corrected chi connectivity index (χ3v) is 10.0. The molecule has 0 atom stereocenters. The minimum atomic E-state index is -3.18. The van der Waals surface area contributed by atoms with Gasteiger partial charge < -0.3 is 9.64 Å². The van der Waals surface area contributed by atoms with Crippen molar-refractivity contribution in [1.82, 2.24) is 14.3 Å². The Kier molecular flexibility index (Phi) is 7.70. The maximum atomic E-state index is 13.5. The van der Waals surface area contributed by atoms with Crippen LogP contribution in [0.4, 0.5) is 14.6 Å². The monoisotopic (exact) mass is 562 g/mol. The zero-order chi connectivity index (χ0) is 26.9. The highest BCUT2D eigenvalue weighted by Gasteiger charge is 2.27. The number of rotatable bonds is 8. The van der Waals surface area contributed by atoms with Gasteiger partial charge in [-0.3, -0.25) is 0 Å². The first-order valence-corrected chi connectivity index (χ1v) is 15.4. The SMILES string of the molecule is CCCS(=O)(=O)N1CC=C(c2ccc3nc(OC4CCN(c5ccc(C(C)(F)F)cn5)CC4)sc3c2)CC1. The van der Waals surface area contributed by atoms with Crippen LogP contribution in [0.2, 0.25) is 0 Å². The second-order valence-corrected chi connectivity index (χ2v) is 13.0. The molecule has 2 aromatic heterocycles. The Morgan fingerprint density at radius 2 is 1.95 bits per heavy atom. The molecule has 0 unspecified atom stereocenters. The van der Waals surface area contributed by atoms with Crippen LogP contribution in [0.25, 0.3) is 15.8 Å². The van der Waals surface area contributed by atoms with Crippen molar-refractivity contribution in [1.29, 1.82) is 0 Å². The van der Waals surface area contributed by atoms with Gasteiger partial charge in [-0.05, 0) is 48.2 Å². The number of sulfonamides is 1. The van der Waals surface area contributed by atoms with E-state index in [2.05, 4.69) is 20.9 Å². The number of anilines is 1. The zero-order valence-corrected chi connectivity index (χ0v) is 23.2. The Bertz CT molecular complexity index is 1410. The lowest BCUT2D eigenvalue weighted by Gasteiger charge is -2.32. The molecule has 0 saturated carbocycles. The average Bonchev–Trinajstić information content (AvgIpc) is 3.30. The van der Waals surface area contributed by atoms with Gasteiger partial charge in [0.1, 0.15) is 11.9 Å². The topological polar surface area (TPSA) is 75.6 Å². The van der Waals surface area contributed by atoms with E-state index >= 15 is 0 Å². The number of nitrogens with zero attached hydrogens (tertiary/aromatic N) is 4. The molecule has 0 spiro atoms. The van der Waals surface area contributed by atoms with Crippen LogP contribution in [-0.4, -0.2) is 60.7 Å². The lowest BCUT2D eigenvalue weighted by molar-refractivity contribution is 0.0171. The number of fused-ring (bicyclic) bond motifs is 1. The number of pyridine rings is 1. The maximum Gasteiger partial charge on any atom is 0.274 e. The predicted molar refractivity (Wildman–Crippen MR) is 148 cm³/mol. The molecule has 0 radical (unpaired) electrons. The smallest absolute Gasteiger partial charge is 0.274 e. The number of ether oxygens (including phenoxy) is 1. The zero-order valence-electron chi connectivity index (χ0n) is 21.6. The molecule has 7 nitrogen and oxygen atoms in total. The number of halogens is 2. The fourth-order valence-corrected chi connectivity index (χ4v) is 7.25. The normalized spacial score (nSPS) is 18.1. The summed E-state index contributed by atoms with van der Waals surface area (Å²) in [6.07, 6.45) is 6.18. The van der Waals surface area contributed by atoms with Crippen LogP contribution in [0.3, 0.4) is 0 Å². The first-order chi connectivity index (χ1) is 18.1. The van der Waals surface area contributed by atoms with E-state index < -0.39 is 15.9 Å². The summed E-state index contributed by atoms with van der Waals surface area (Å²) in [5, 5.41) is 0.637. The van der Waals surface area contributed by atoms with Gasteiger partial charge in [0, 0.05) is 57.7 Å². The molecule has 1 saturated heterocycles. The van der Waals surface area contributed by atoms with Gasteiger partial charge in [-0.1, -0.05) is 30.4 Å². The number of aromatic nitrogens is 2. The standard InChI is InChI=1S/C27H32F2N4O3S2/c1-3-16-38(34,35)33-14-8-19(9-15-33)20-4-6-23-24(17-20)37-26(31-23)36-22-10-12-32(13-11-22)25-7-5-21(18-30-25)27(2,28)29/h4-8,17-18,22H,3,9-16H2,1-2H3. The molecule has 38 heavy (non-hydrogen) atoms. The van der Waals surface area contributed by atoms with Crippen molar-refractivity contribution >= 4 is 43.0 Å². The first kappa shape index (κ1) is 27.0. The maximum absolute atomic E-state index is 13.5. The van der Waals surface area contributed by atoms with E-state index in [1.165, 1.54) is 23.6 Å². The van der Waals surface area contributed by atoms with Crippen molar-refractivity contribution in [3.8, 4) is 5.19 Å². The molecule has 2 aliphatic rings. The number of benzene rings is 1. The Hall–Kier alpha value is -2.63. The summed E-state index contributed by atoms with van der Waals surface area (Å²) in [4.78, 5) is 11.0. The molecule has 5 rings (SSSR count). The van der Waals surface area contributed by atoms with Crippen LogP contribution in [0, 0.1) is 0 Å². The van der Waals surface area contributed by atoms with Crippen molar-refractivity contribution in [2.24, 2.45) is 0 Å². The number of alkyl halides is 2. The molecule has 0 bridgehead atoms. The number of hydrogen-bond acceptors (Lipinski definition) is 7. The van der Waals surface area contributed by atoms with Crippen molar-refractivity contribution in [3.05, 3.63) is 53.7 Å². The summed E-state index contributed by atoms with van der Waals surface area (Å²) in [7, 11) is -3.18. The van der Waals surface area contributed by atoms with Crippen LogP contribution >= 0.6 is 11.3 Å². The predicted octanol–water partition coefficient (Wildman–Crippen LogP) is 5.68. The van der Waals surface area contributed by atoms with E-state index in [4.69, 9.17) is 4.74 Å². The van der Waals surface area contributed by atoms with Crippen LogP contribution in [0.1, 0.15) is 50.7 Å². The molecule has 0 amide bonds. The van der Waals surface area contributed by atoms with Crippen molar-refractivity contribution < 1.29 is 21.9 Å². The number of piperidine rings is 1. The summed E-state index contributed by atoms with van der Waals surface area (Å²) in [6.45, 7) is 5.13. The Labute approximate surface area is 226 Å². The van der Waals surface area contributed by atoms with Crippen molar-refractivity contribution in [2.45, 2.75) is 51.6 Å². The molecular weight excluding hydrogens is 530 g/mol. The summed E-state index contributed by atoms with van der Waals surface area (Å²) in [5.41, 5.74) is 3.04. The van der Waals surface area contributed by atoms with Crippen LogP contribution in [0.15, 0.2) is 42.6 Å². The highest BCUT2D eigenvalue weighted by atomic mass is 32.2. The highest BCUT2D eigenvalue weighted by Crippen LogP contribution is 2.34. The van der Waals surface area contributed by atoms with Crippen LogP contribution in [0.5, 0.6) is 5.19 Å². The second kappa shape index (κ2) is 10.9. The van der Waals surface area contributed by atoms with Crippen LogP contribution in [-0.2, 0) is 15.9 Å². The molecule has 1 aromatic carbocycles. The largest absolute Gasteiger partial charge is 0.467 e. The molecular formula is C27H32F2N4O3S2. The van der Waals surface area contributed by atoms with E-state index in [9.17, 15) is 17.2 Å². The minimum Gasteiger partial charge on any atom is -0.467 e. The Morgan fingerprint density at radius 3 is 2.58 bits per heavy atom. The summed E-state index contributed by atoms with van der Waals surface area (Å²) in [6, 6.07) is 9.24. The lowest BCUT2D eigenvalue weighted by atomic mass is 10.0. The third-order valence-electron chi connectivity index (χ3n) is 7.06. The third kappa shape index (κ3) is 6.00. The second-order valence-electron chi connectivity index (χ2n) is 9.91. The Morgan fingerprint density at radius 1 is 1.16 bits per heavy atom. The van der Waals surface area contributed by atoms with E-state index in [0.29, 0.717) is 36.9 Å². The van der Waals surface area contributed by atoms with Crippen LogP contribution < -0.4 is 9.64 Å². The molecule has 1 fully saturated rings. The molecule has 4 heterocycles. The molecule has 204 valence electrons. The van der Waals surface area contributed by atoms with E-state index in [1.807, 2.05) is 25.1 Å². The van der Waals surface area contributed by atoms with Gasteiger partial charge in [-0.25, -0.2) is 27.2 Å². The van der Waals surface area contributed by atoms with E-state index in [0.717, 1.165) is 54.2 Å². The Balaban J connectivity index is 1.19. The van der Waals surface area contributed by atoms with Gasteiger partial charge in [0.05, 0.1) is 16.0 Å². The molecule has 11 heteroatoms. The highest BCUT2D eigenvalue weighted by molar-refractivity contribution is 7.89. The lowest BCUT2D eigenvalue weighted by Crippen LogP contribution is -2.38. The summed E-state index contributed by atoms with van der Waals surface area (Å²) >= 11 is 1.52.